The van der Waals surface area contributed by atoms with E-state index in [-0.39, 0.29) is 29.2 Å². The lowest BCUT2D eigenvalue weighted by Crippen LogP contribution is -2.64. The molecule has 2 saturated heterocycles. The number of carbonyl (C=O) groups excluding carboxylic acids is 2. The zero-order valence-electron chi connectivity index (χ0n) is 13.6. The summed E-state index contributed by atoms with van der Waals surface area (Å²) in [5.74, 6) is -0.0589. The summed E-state index contributed by atoms with van der Waals surface area (Å²) < 4.78 is 22.9. The van der Waals surface area contributed by atoms with E-state index < -0.39 is 9.84 Å². The maximum Gasteiger partial charge on any atom is 0.239 e. The van der Waals surface area contributed by atoms with Gasteiger partial charge >= 0.3 is 0 Å². The topological polar surface area (TPSA) is 86.8 Å². The zero-order chi connectivity index (χ0) is 17.3. The van der Waals surface area contributed by atoms with E-state index in [4.69, 9.17) is 0 Å². The normalized spacial score (nSPS) is 22.0. The predicted octanol–water partition coefficient (Wildman–Crippen LogP) is -0.725. The first kappa shape index (κ1) is 16.9. The van der Waals surface area contributed by atoms with Gasteiger partial charge in [0.15, 0.2) is 9.84 Å². The molecule has 0 saturated carbocycles. The fraction of sp³-hybridized carbons (Fsp3) is 0.500. The summed E-state index contributed by atoms with van der Waals surface area (Å²) >= 11 is 0. The van der Waals surface area contributed by atoms with Gasteiger partial charge in [-0.15, -0.1) is 0 Å². The van der Waals surface area contributed by atoms with Crippen molar-refractivity contribution in [1.82, 2.24) is 15.1 Å². The molecule has 0 aromatic heterocycles. The minimum absolute atomic E-state index is 0.0174. The number of sulfone groups is 1. The second-order valence-electron chi connectivity index (χ2n) is 6.28. The van der Waals surface area contributed by atoms with Crippen molar-refractivity contribution in [1.29, 1.82) is 0 Å². The molecule has 0 aliphatic carbocycles. The molecule has 1 aromatic carbocycles. The number of nitrogens with zero attached hydrogens (tertiary/aromatic N) is 2. The second kappa shape index (κ2) is 6.52. The van der Waals surface area contributed by atoms with Crippen LogP contribution >= 0.6 is 0 Å². The van der Waals surface area contributed by atoms with Crippen LogP contribution in [0, 0.1) is 0 Å². The molecule has 1 N–H and O–H groups in total. The average molecular weight is 351 g/mol. The molecule has 7 nitrogen and oxygen atoms in total. The molecular weight excluding hydrogens is 330 g/mol. The first-order chi connectivity index (χ1) is 11.3. The van der Waals surface area contributed by atoms with E-state index in [9.17, 15) is 18.0 Å². The molecule has 2 aliphatic heterocycles. The summed E-state index contributed by atoms with van der Waals surface area (Å²) in [6.45, 7) is 3.22. The SMILES string of the molecule is CS(=O)(=O)c1ccc(CC(=O)N2CCN3CCNC(=O)C3C2)cc1. The van der Waals surface area contributed by atoms with Crippen LogP contribution in [-0.2, 0) is 25.8 Å². The van der Waals surface area contributed by atoms with Gasteiger partial charge in [-0.25, -0.2) is 8.42 Å². The van der Waals surface area contributed by atoms with Gasteiger partial charge < -0.3 is 10.2 Å². The number of rotatable bonds is 3. The molecule has 2 heterocycles. The standard InChI is InChI=1S/C16H21N3O4S/c1-24(22,23)13-4-2-12(3-5-13)10-15(20)19-9-8-18-7-6-17-16(21)14(18)11-19/h2-5,14H,6-11H2,1H3,(H,17,21). The number of hydrogen-bond donors (Lipinski definition) is 1. The Bertz CT molecular complexity index is 745. The predicted molar refractivity (Wildman–Crippen MR) is 88.2 cm³/mol. The highest BCUT2D eigenvalue weighted by Gasteiger charge is 2.36. The van der Waals surface area contributed by atoms with Crippen molar-refractivity contribution in [2.24, 2.45) is 0 Å². The monoisotopic (exact) mass is 351 g/mol. The molecule has 0 bridgehead atoms. The van der Waals surface area contributed by atoms with Gasteiger partial charge in [-0.05, 0) is 17.7 Å². The molecule has 1 aromatic rings. The largest absolute Gasteiger partial charge is 0.353 e. The average Bonchev–Trinajstić information content (AvgIpc) is 2.54. The third-order valence-electron chi connectivity index (χ3n) is 4.55. The number of amides is 2. The van der Waals surface area contributed by atoms with Crippen LogP contribution in [0.4, 0.5) is 0 Å². The number of nitrogens with one attached hydrogen (secondary N) is 1. The van der Waals surface area contributed by atoms with E-state index in [0.717, 1.165) is 18.4 Å². The van der Waals surface area contributed by atoms with Crippen molar-refractivity contribution in [3.05, 3.63) is 29.8 Å². The van der Waals surface area contributed by atoms with E-state index >= 15 is 0 Å². The summed E-state index contributed by atoms with van der Waals surface area (Å²) in [5, 5.41) is 2.84. The van der Waals surface area contributed by atoms with Crippen molar-refractivity contribution in [2.75, 3.05) is 39.0 Å². The van der Waals surface area contributed by atoms with Crippen LogP contribution in [0.2, 0.25) is 0 Å². The van der Waals surface area contributed by atoms with E-state index in [0.29, 0.717) is 26.2 Å². The number of hydrogen-bond acceptors (Lipinski definition) is 5. The Hall–Kier alpha value is -1.93. The van der Waals surface area contributed by atoms with Crippen molar-refractivity contribution < 1.29 is 18.0 Å². The van der Waals surface area contributed by atoms with Crippen molar-refractivity contribution in [3.8, 4) is 0 Å². The number of benzene rings is 1. The Labute approximate surface area is 141 Å². The first-order valence-corrected chi connectivity index (χ1v) is 9.82. The molecule has 3 rings (SSSR count). The minimum Gasteiger partial charge on any atom is -0.353 e. The molecule has 0 spiro atoms. The Morgan fingerprint density at radius 1 is 1.21 bits per heavy atom. The third-order valence-corrected chi connectivity index (χ3v) is 5.68. The summed E-state index contributed by atoms with van der Waals surface area (Å²) in [4.78, 5) is 28.5. The number of carbonyl (C=O) groups is 2. The molecule has 1 unspecified atom stereocenters. The van der Waals surface area contributed by atoms with Gasteiger partial charge in [0.05, 0.1) is 11.3 Å². The van der Waals surface area contributed by atoms with Crippen LogP contribution in [-0.4, -0.2) is 75.1 Å². The summed E-state index contributed by atoms with van der Waals surface area (Å²) in [6.07, 6.45) is 1.36. The van der Waals surface area contributed by atoms with Gasteiger partial charge in [-0.3, -0.25) is 14.5 Å². The number of fused-ring (bicyclic) bond motifs is 1. The van der Waals surface area contributed by atoms with Gasteiger partial charge in [-0.2, -0.15) is 0 Å². The van der Waals surface area contributed by atoms with Crippen molar-refractivity contribution >= 4 is 21.7 Å². The number of piperazine rings is 2. The van der Waals surface area contributed by atoms with Gasteiger partial charge in [0.2, 0.25) is 11.8 Å². The van der Waals surface area contributed by atoms with Crippen LogP contribution in [0.15, 0.2) is 29.2 Å². The molecule has 2 aliphatic rings. The van der Waals surface area contributed by atoms with Gasteiger partial charge in [0, 0.05) is 39.0 Å². The van der Waals surface area contributed by atoms with Gasteiger partial charge in [-0.1, -0.05) is 12.1 Å². The quantitative estimate of drug-likeness (QED) is 0.776. The zero-order valence-corrected chi connectivity index (χ0v) is 14.4. The molecule has 2 fully saturated rings. The lowest BCUT2D eigenvalue weighted by atomic mass is 10.1. The van der Waals surface area contributed by atoms with Gasteiger partial charge in [0.25, 0.3) is 0 Å². The van der Waals surface area contributed by atoms with Crippen LogP contribution in [0.1, 0.15) is 5.56 Å². The molecule has 2 amide bonds. The molecular formula is C16H21N3O4S. The lowest BCUT2D eigenvalue weighted by Gasteiger charge is -2.43. The minimum atomic E-state index is -3.23. The Morgan fingerprint density at radius 3 is 2.58 bits per heavy atom. The van der Waals surface area contributed by atoms with Crippen LogP contribution < -0.4 is 5.32 Å². The Balaban J connectivity index is 1.64. The highest BCUT2D eigenvalue weighted by Crippen LogP contribution is 2.15. The van der Waals surface area contributed by atoms with Crippen LogP contribution in [0.3, 0.4) is 0 Å². The second-order valence-corrected chi connectivity index (χ2v) is 8.29. The first-order valence-electron chi connectivity index (χ1n) is 7.93. The summed E-state index contributed by atoms with van der Waals surface area (Å²) in [6, 6.07) is 6.11. The summed E-state index contributed by atoms with van der Waals surface area (Å²) in [7, 11) is -3.23. The van der Waals surface area contributed by atoms with Crippen LogP contribution in [0.25, 0.3) is 0 Å². The fourth-order valence-corrected chi connectivity index (χ4v) is 3.78. The van der Waals surface area contributed by atoms with Gasteiger partial charge in [0.1, 0.15) is 6.04 Å². The molecule has 0 radical (unpaired) electrons. The highest BCUT2D eigenvalue weighted by atomic mass is 32.2. The third kappa shape index (κ3) is 3.59. The summed E-state index contributed by atoms with van der Waals surface area (Å²) in [5.41, 5.74) is 0.767. The molecule has 1 atom stereocenters. The van der Waals surface area contributed by atoms with E-state index in [1.807, 2.05) is 0 Å². The molecule has 130 valence electrons. The lowest BCUT2D eigenvalue weighted by molar-refractivity contribution is -0.139. The van der Waals surface area contributed by atoms with E-state index in [2.05, 4.69) is 10.2 Å². The maximum atomic E-state index is 12.5. The van der Waals surface area contributed by atoms with E-state index in [1.54, 1.807) is 17.0 Å². The Morgan fingerprint density at radius 2 is 1.92 bits per heavy atom. The van der Waals surface area contributed by atoms with Crippen molar-refractivity contribution in [2.45, 2.75) is 17.4 Å². The van der Waals surface area contributed by atoms with E-state index in [1.165, 1.54) is 12.1 Å². The fourth-order valence-electron chi connectivity index (χ4n) is 3.14. The van der Waals surface area contributed by atoms with Crippen molar-refractivity contribution in [3.63, 3.8) is 0 Å². The van der Waals surface area contributed by atoms with Crippen LogP contribution in [0.5, 0.6) is 0 Å². The highest BCUT2D eigenvalue weighted by molar-refractivity contribution is 7.90. The smallest absolute Gasteiger partial charge is 0.239 e. The molecule has 8 heteroatoms. The Kier molecular flexibility index (Phi) is 4.60. The maximum absolute atomic E-state index is 12.5. The molecule has 24 heavy (non-hydrogen) atoms.